The highest BCUT2D eigenvalue weighted by atomic mass is 32.2. The van der Waals surface area contributed by atoms with Crippen LogP contribution < -0.4 is 15.8 Å². The number of thioether (sulfide) groups is 1. The zero-order chi connectivity index (χ0) is 32.0. The number of nitro benzene ring substituents is 1. The van der Waals surface area contributed by atoms with Crippen molar-refractivity contribution in [2.45, 2.75) is 36.7 Å². The number of likely N-dealkylation sites (tertiary alicyclic amines) is 1. The number of piperidine rings is 1. The first-order chi connectivity index (χ1) is 22.3. The van der Waals surface area contributed by atoms with E-state index < -0.39 is 17.2 Å². The number of benzene rings is 2. The first-order valence-corrected chi connectivity index (χ1v) is 17.2. The lowest BCUT2D eigenvalue weighted by molar-refractivity contribution is -0.384. The summed E-state index contributed by atoms with van der Waals surface area (Å²) in [4.78, 5) is 37.5. The number of aromatic amines is 1. The standard InChI is InChI=1S/C32H41F2N7O4S/c33-30-27(19-26-29(31(30)34)32(42)37-28(36-26)21-46-25-7-17-45-18-8-25)35-20-22-5-9-38(10-6-22)11-12-39-13-15-40(16-14-39)23-1-3-24(4-2-23)41(43)44/h1-4,19,22,25,35H,5-18,20-21H2,(H,36,37,42). The van der Waals surface area contributed by atoms with Gasteiger partial charge in [-0.25, -0.2) is 13.8 Å². The number of rotatable bonds is 11. The first kappa shape index (κ1) is 32.6. The van der Waals surface area contributed by atoms with Crippen molar-refractivity contribution in [1.29, 1.82) is 0 Å². The third-order valence-corrected chi connectivity index (χ3v) is 10.8. The number of fused-ring (bicyclic) bond motifs is 1. The van der Waals surface area contributed by atoms with Crippen LogP contribution in [-0.4, -0.2) is 102 Å². The number of nitrogens with zero attached hydrogens (tertiary/aromatic N) is 5. The summed E-state index contributed by atoms with van der Waals surface area (Å²) in [6, 6.07) is 8.22. The van der Waals surface area contributed by atoms with Gasteiger partial charge >= 0.3 is 0 Å². The molecule has 14 heteroatoms. The summed E-state index contributed by atoms with van der Waals surface area (Å²) in [7, 11) is 0. The van der Waals surface area contributed by atoms with Gasteiger partial charge in [0.25, 0.3) is 11.2 Å². The molecule has 3 saturated heterocycles. The van der Waals surface area contributed by atoms with E-state index in [9.17, 15) is 19.3 Å². The van der Waals surface area contributed by atoms with Crippen LogP contribution in [0.2, 0.25) is 0 Å². The molecule has 0 amide bonds. The Morgan fingerprint density at radius 3 is 2.33 bits per heavy atom. The van der Waals surface area contributed by atoms with Crippen molar-refractivity contribution < 1.29 is 18.4 Å². The Bertz CT molecular complexity index is 1550. The van der Waals surface area contributed by atoms with Gasteiger partial charge in [0, 0.05) is 82.1 Å². The van der Waals surface area contributed by atoms with Gasteiger partial charge in [0.05, 0.1) is 21.9 Å². The number of non-ortho nitro benzene ring substituents is 1. The molecule has 2 aromatic carbocycles. The number of hydrogen-bond donors (Lipinski definition) is 2. The predicted octanol–water partition coefficient (Wildman–Crippen LogP) is 4.47. The molecule has 3 aromatic rings. The van der Waals surface area contributed by atoms with Gasteiger partial charge in [0.15, 0.2) is 11.6 Å². The normalized spacial score (nSPS) is 19.1. The van der Waals surface area contributed by atoms with E-state index in [2.05, 4.69) is 30.0 Å². The van der Waals surface area contributed by atoms with Crippen molar-refractivity contribution in [1.82, 2.24) is 19.8 Å². The quantitative estimate of drug-likeness (QED) is 0.226. The molecule has 0 radical (unpaired) electrons. The predicted molar refractivity (Wildman–Crippen MR) is 177 cm³/mol. The van der Waals surface area contributed by atoms with Crippen LogP contribution in [0.1, 0.15) is 31.5 Å². The molecule has 0 atom stereocenters. The summed E-state index contributed by atoms with van der Waals surface area (Å²) in [5, 5.41) is 14.1. The van der Waals surface area contributed by atoms with Gasteiger partial charge in [-0.1, -0.05) is 0 Å². The van der Waals surface area contributed by atoms with Crippen LogP contribution in [0.3, 0.4) is 0 Å². The Labute approximate surface area is 270 Å². The summed E-state index contributed by atoms with van der Waals surface area (Å²) < 4.78 is 35.4. The maximum absolute atomic E-state index is 15.0. The fraction of sp³-hybridized carbons (Fsp3) is 0.562. The van der Waals surface area contributed by atoms with E-state index in [0.717, 1.165) is 96.9 Å². The Morgan fingerprint density at radius 1 is 0.978 bits per heavy atom. The minimum absolute atomic E-state index is 0.0430. The molecule has 0 bridgehead atoms. The highest BCUT2D eigenvalue weighted by Gasteiger charge is 2.24. The second-order valence-electron chi connectivity index (χ2n) is 12.3. The number of nitro groups is 1. The summed E-state index contributed by atoms with van der Waals surface area (Å²) in [6.45, 7) is 9.52. The number of piperazine rings is 1. The number of halogens is 2. The van der Waals surface area contributed by atoms with Crippen LogP contribution in [-0.2, 0) is 10.5 Å². The highest BCUT2D eigenvalue weighted by molar-refractivity contribution is 7.99. The highest BCUT2D eigenvalue weighted by Crippen LogP contribution is 2.28. The van der Waals surface area contributed by atoms with Crippen molar-refractivity contribution in [2.24, 2.45) is 5.92 Å². The van der Waals surface area contributed by atoms with Crippen LogP contribution in [0.15, 0.2) is 35.1 Å². The largest absolute Gasteiger partial charge is 0.382 e. The van der Waals surface area contributed by atoms with E-state index in [4.69, 9.17) is 4.74 Å². The molecular formula is C32H41F2N7O4S. The average molecular weight is 658 g/mol. The Balaban J connectivity index is 0.948. The lowest BCUT2D eigenvalue weighted by Crippen LogP contribution is -2.49. The van der Waals surface area contributed by atoms with Crippen molar-refractivity contribution in [3.63, 3.8) is 0 Å². The van der Waals surface area contributed by atoms with Gasteiger partial charge in [-0.05, 0) is 62.9 Å². The van der Waals surface area contributed by atoms with Crippen molar-refractivity contribution in [2.75, 3.05) is 82.3 Å². The van der Waals surface area contributed by atoms with Crippen LogP contribution in [0.5, 0.6) is 0 Å². The van der Waals surface area contributed by atoms with Crippen LogP contribution in [0, 0.1) is 27.7 Å². The van der Waals surface area contributed by atoms with Crippen LogP contribution >= 0.6 is 11.8 Å². The zero-order valence-electron chi connectivity index (χ0n) is 25.9. The molecule has 3 fully saturated rings. The Kier molecular flexibility index (Phi) is 10.7. The molecule has 0 aliphatic carbocycles. The smallest absolute Gasteiger partial charge is 0.269 e. The maximum atomic E-state index is 15.0. The van der Waals surface area contributed by atoms with Gasteiger partial charge in [-0.15, -0.1) is 0 Å². The van der Waals surface area contributed by atoms with E-state index in [-0.39, 0.29) is 27.2 Å². The third-order valence-electron chi connectivity index (χ3n) is 9.37. The monoisotopic (exact) mass is 657 g/mol. The molecule has 46 heavy (non-hydrogen) atoms. The lowest BCUT2D eigenvalue weighted by atomic mass is 9.96. The molecule has 248 valence electrons. The molecular weight excluding hydrogens is 616 g/mol. The van der Waals surface area contributed by atoms with Gasteiger partial charge < -0.3 is 24.8 Å². The molecule has 1 aromatic heterocycles. The first-order valence-electron chi connectivity index (χ1n) is 16.1. The minimum Gasteiger partial charge on any atom is -0.382 e. The number of anilines is 2. The molecule has 3 aliphatic rings. The fourth-order valence-corrected chi connectivity index (χ4v) is 7.54. The fourth-order valence-electron chi connectivity index (χ4n) is 6.49. The van der Waals surface area contributed by atoms with E-state index in [0.29, 0.717) is 29.3 Å². The summed E-state index contributed by atoms with van der Waals surface area (Å²) in [6.07, 6.45) is 3.81. The van der Waals surface area contributed by atoms with E-state index in [1.54, 1.807) is 23.9 Å². The molecule has 2 N–H and O–H groups in total. The van der Waals surface area contributed by atoms with Crippen LogP contribution in [0.4, 0.5) is 25.8 Å². The van der Waals surface area contributed by atoms with E-state index >= 15 is 4.39 Å². The molecule has 4 heterocycles. The second-order valence-corrected chi connectivity index (χ2v) is 13.6. The van der Waals surface area contributed by atoms with Gasteiger partial charge in [-0.2, -0.15) is 11.8 Å². The molecule has 3 aliphatic heterocycles. The molecule has 11 nitrogen and oxygen atoms in total. The van der Waals surface area contributed by atoms with Crippen molar-refractivity contribution in [3.05, 3.63) is 68.3 Å². The van der Waals surface area contributed by atoms with E-state index in [1.807, 2.05) is 12.1 Å². The second kappa shape index (κ2) is 15.1. The maximum Gasteiger partial charge on any atom is 0.269 e. The summed E-state index contributed by atoms with van der Waals surface area (Å²) >= 11 is 1.70. The summed E-state index contributed by atoms with van der Waals surface area (Å²) in [5.41, 5.74) is 0.672. The Morgan fingerprint density at radius 2 is 1.65 bits per heavy atom. The average Bonchev–Trinajstić information content (AvgIpc) is 3.08. The van der Waals surface area contributed by atoms with Crippen molar-refractivity contribution in [3.8, 4) is 0 Å². The summed E-state index contributed by atoms with van der Waals surface area (Å²) in [5.74, 6) is -0.923. The van der Waals surface area contributed by atoms with Gasteiger partial charge in [0.1, 0.15) is 11.2 Å². The van der Waals surface area contributed by atoms with E-state index in [1.165, 1.54) is 6.07 Å². The number of ether oxygens (including phenoxy) is 1. The minimum atomic E-state index is -1.17. The molecule has 0 spiro atoms. The molecule has 0 saturated carbocycles. The number of H-pyrrole nitrogens is 1. The van der Waals surface area contributed by atoms with Gasteiger partial charge in [-0.3, -0.25) is 19.8 Å². The lowest BCUT2D eigenvalue weighted by Gasteiger charge is -2.38. The number of nitrogens with one attached hydrogen (secondary N) is 2. The number of aromatic nitrogens is 2. The molecule has 6 rings (SSSR count). The third kappa shape index (κ3) is 7.96. The topological polar surface area (TPSA) is 120 Å². The Hall–Kier alpha value is -3.33. The molecule has 0 unspecified atom stereocenters. The van der Waals surface area contributed by atoms with Crippen LogP contribution in [0.25, 0.3) is 10.9 Å². The number of hydrogen-bond acceptors (Lipinski definition) is 10. The zero-order valence-corrected chi connectivity index (χ0v) is 26.7. The van der Waals surface area contributed by atoms with Crippen molar-refractivity contribution >= 4 is 39.7 Å². The van der Waals surface area contributed by atoms with Gasteiger partial charge in [0.2, 0.25) is 0 Å². The SMILES string of the molecule is O=c1[nH]c(CSC2CCOCC2)nc2cc(NCC3CCN(CCN4CCN(c5ccc([N+](=O)[O-])cc5)CC4)CC3)c(F)c(F)c12.